The zero-order valence-corrected chi connectivity index (χ0v) is 5.85. The third kappa shape index (κ3) is 1.54. The van der Waals surface area contributed by atoms with Gasteiger partial charge in [0.1, 0.15) is 7.28 Å². The molecule has 0 N–H and O–H groups in total. The van der Waals surface area contributed by atoms with Crippen LogP contribution in [0.5, 0.6) is 0 Å². The number of hydrogen-bond donors (Lipinski definition) is 0. The second kappa shape index (κ2) is 2.57. The Balaban J connectivity index is 2.23. The van der Waals surface area contributed by atoms with Gasteiger partial charge in [-0.2, -0.15) is 0 Å². The molecule has 1 heteroatoms. The summed E-state index contributed by atoms with van der Waals surface area (Å²) in [6.07, 6.45) is 4.14. The molecule has 1 rings (SSSR count). The highest BCUT2D eigenvalue weighted by molar-refractivity contribution is 6.35. The maximum Gasteiger partial charge on any atom is 0.110 e. The highest BCUT2D eigenvalue weighted by atomic mass is 14.1. The van der Waals surface area contributed by atoms with Crippen LogP contribution in [-0.4, -0.2) is 7.28 Å². The third-order valence-corrected chi connectivity index (χ3v) is 1.94. The van der Waals surface area contributed by atoms with Gasteiger partial charge in [-0.05, 0) is 6.42 Å². The first kappa shape index (κ1) is 6.19. The standard InChI is InChI=1S/C7H14B/c1-6-3-7(2)5-8-4-6/h6-7H,3-5H2,1-2H3. The van der Waals surface area contributed by atoms with E-state index in [0.717, 1.165) is 11.8 Å². The van der Waals surface area contributed by atoms with Crippen LogP contribution >= 0.6 is 0 Å². The zero-order chi connectivity index (χ0) is 5.98. The van der Waals surface area contributed by atoms with E-state index in [0.29, 0.717) is 0 Å². The van der Waals surface area contributed by atoms with Crippen LogP contribution in [0.25, 0.3) is 0 Å². The van der Waals surface area contributed by atoms with Gasteiger partial charge in [0.25, 0.3) is 0 Å². The maximum absolute atomic E-state index is 2.43. The lowest BCUT2D eigenvalue weighted by atomic mass is 9.57. The first-order valence-corrected chi connectivity index (χ1v) is 3.60. The Morgan fingerprint density at radius 2 is 1.62 bits per heavy atom. The molecule has 1 saturated heterocycles. The summed E-state index contributed by atoms with van der Waals surface area (Å²) in [5, 5.41) is 0. The molecular weight excluding hydrogens is 94.9 g/mol. The van der Waals surface area contributed by atoms with Crippen molar-refractivity contribution in [3.63, 3.8) is 0 Å². The first-order chi connectivity index (χ1) is 3.79. The third-order valence-electron chi connectivity index (χ3n) is 1.94. The molecule has 1 aliphatic rings. The Bertz CT molecular complexity index is 62.8. The molecule has 0 spiro atoms. The molecule has 1 heterocycles. The minimum Gasteiger partial charge on any atom is -0.0778 e. The molecular formula is C7H14B. The molecule has 0 amide bonds. The first-order valence-electron chi connectivity index (χ1n) is 3.60. The van der Waals surface area contributed by atoms with E-state index in [1.54, 1.807) is 0 Å². The predicted molar refractivity (Wildman–Crippen MR) is 38.3 cm³/mol. The fraction of sp³-hybridized carbons (Fsp3) is 1.00. The van der Waals surface area contributed by atoms with Gasteiger partial charge in [0.15, 0.2) is 0 Å². The molecule has 1 aliphatic heterocycles. The van der Waals surface area contributed by atoms with Gasteiger partial charge < -0.3 is 0 Å². The SMILES string of the molecule is CC1C[B]CC(C)C1. The molecule has 0 aromatic heterocycles. The van der Waals surface area contributed by atoms with Crippen LogP contribution in [0.3, 0.4) is 0 Å². The molecule has 0 aromatic rings. The molecule has 0 bridgehead atoms. The van der Waals surface area contributed by atoms with Crippen molar-refractivity contribution < 1.29 is 0 Å². The Morgan fingerprint density at radius 3 is 1.88 bits per heavy atom. The van der Waals surface area contributed by atoms with E-state index >= 15 is 0 Å². The summed E-state index contributed by atoms with van der Waals surface area (Å²) in [6, 6.07) is 0. The van der Waals surface area contributed by atoms with Gasteiger partial charge in [-0.25, -0.2) is 0 Å². The smallest absolute Gasteiger partial charge is 0.0778 e. The molecule has 1 radical (unpaired) electrons. The van der Waals surface area contributed by atoms with Crippen LogP contribution in [0, 0.1) is 11.8 Å². The Kier molecular flexibility index (Phi) is 1.98. The fourth-order valence-corrected chi connectivity index (χ4v) is 1.54. The van der Waals surface area contributed by atoms with Crippen molar-refractivity contribution in [3.05, 3.63) is 0 Å². The van der Waals surface area contributed by atoms with E-state index < -0.39 is 0 Å². The fourth-order valence-electron chi connectivity index (χ4n) is 1.54. The maximum atomic E-state index is 2.43. The van der Waals surface area contributed by atoms with Gasteiger partial charge in [-0.3, -0.25) is 0 Å². The lowest BCUT2D eigenvalue weighted by molar-refractivity contribution is 0.444. The minimum absolute atomic E-state index is 0.957. The molecule has 0 nitrogen and oxygen atoms in total. The van der Waals surface area contributed by atoms with Crippen molar-refractivity contribution in [1.29, 1.82) is 0 Å². The van der Waals surface area contributed by atoms with Crippen molar-refractivity contribution in [2.75, 3.05) is 0 Å². The molecule has 45 valence electrons. The van der Waals surface area contributed by atoms with Crippen LogP contribution < -0.4 is 0 Å². The van der Waals surface area contributed by atoms with E-state index in [9.17, 15) is 0 Å². The van der Waals surface area contributed by atoms with Crippen LogP contribution in [-0.2, 0) is 0 Å². The van der Waals surface area contributed by atoms with E-state index in [1.807, 2.05) is 0 Å². The van der Waals surface area contributed by atoms with Crippen LogP contribution in [0.2, 0.25) is 12.6 Å². The van der Waals surface area contributed by atoms with E-state index in [-0.39, 0.29) is 0 Å². The van der Waals surface area contributed by atoms with Crippen molar-refractivity contribution in [1.82, 2.24) is 0 Å². The highest BCUT2D eigenvalue weighted by Crippen LogP contribution is 2.24. The summed E-state index contributed by atoms with van der Waals surface area (Å²) in [7, 11) is 2.43. The normalized spacial score (nSPS) is 38.8. The Labute approximate surface area is 52.9 Å². The largest absolute Gasteiger partial charge is 0.110 e. The second-order valence-electron chi connectivity index (χ2n) is 3.21. The summed E-state index contributed by atoms with van der Waals surface area (Å²) in [4.78, 5) is 0. The minimum atomic E-state index is 0.957. The van der Waals surface area contributed by atoms with Crippen molar-refractivity contribution in [3.8, 4) is 0 Å². The van der Waals surface area contributed by atoms with Gasteiger partial charge in [0.2, 0.25) is 0 Å². The summed E-state index contributed by atoms with van der Waals surface area (Å²) in [5.41, 5.74) is 0. The molecule has 0 aliphatic carbocycles. The molecule has 2 unspecified atom stereocenters. The number of hydrogen-bond acceptors (Lipinski definition) is 0. The highest BCUT2D eigenvalue weighted by Gasteiger charge is 2.14. The zero-order valence-electron chi connectivity index (χ0n) is 5.85. The van der Waals surface area contributed by atoms with Crippen molar-refractivity contribution in [2.24, 2.45) is 11.8 Å². The summed E-state index contributed by atoms with van der Waals surface area (Å²) < 4.78 is 0. The lowest BCUT2D eigenvalue weighted by Crippen LogP contribution is -2.14. The van der Waals surface area contributed by atoms with Crippen molar-refractivity contribution >= 4 is 7.28 Å². The van der Waals surface area contributed by atoms with E-state index in [2.05, 4.69) is 21.1 Å². The van der Waals surface area contributed by atoms with Gasteiger partial charge >= 0.3 is 0 Å². The monoisotopic (exact) mass is 109 g/mol. The molecule has 0 saturated carbocycles. The molecule has 8 heavy (non-hydrogen) atoms. The second-order valence-corrected chi connectivity index (χ2v) is 3.21. The van der Waals surface area contributed by atoms with Crippen LogP contribution in [0.4, 0.5) is 0 Å². The van der Waals surface area contributed by atoms with Crippen molar-refractivity contribution in [2.45, 2.75) is 32.9 Å². The van der Waals surface area contributed by atoms with Gasteiger partial charge in [0, 0.05) is 0 Å². The molecule has 1 fully saturated rings. The quantitative estimate of drug-likeness (QED) is 0.418. The van der Waals surface area contributed by atoms with Gasteiger partial charge in [-0.1, -0.05) is 38.3 Å². The number of rotatable bonds is 0. The molecule has 2 atom stereocenters. The van der Waals surface area contributed by atoms with Gasteiger partial charge in [-0.15, -0.1) is 0 Å². The summed E-state index contributed by atoms with van der Waals surface area (Å²) in [6.45, 7) is 4.68. The molecule has 0 aromatic carbocycles. The average Bonchev–Trinajstić information content (AvgIpc) is 1.64. The van der Waals surface area contributed by atoms with E-state index in [4.69, 9.17) is 0 Å². The van der Waals surface area contributed by atoms with E-state index in [1.165, 1.54) is 19.1 Å². The lowest BCUT2D eigenvalue weighted by Gasteiger charge is -2.22. The van der Waals surface area contributed by atoms with Crippen LogP contribution in [0.1, 0.15) is 20.3 Å². The summed E-state index contributed by atoms with van der Waals surface area (Å²) >= 11 is 0. The van der Waals surface area contributed by atoms with Crippen LogP contribution in [0.15, 0.2) is 0 Å². The topological polar surface area (TPSA) is 0 Å². The van der Waals surface area contributed by atoms with Gasteiger partial charge in [0.05, 0.1) is 0 Å². The Hall–Kier alpha value is 0.0649. The average molecular weight is 109 g/mol. The summed E-state index contributed by atoms with van der Waals surface area (Å²) in [5.74, 6) is 1.91. The predicted octanol–water partition coefficient (Wildman–Crippen LogP) is 2.20. The Morgan fingerprint density at radius 1 is 1.12 bits per heavy atom.